The summed E-state index contributed by atoms with van der Waals surface area (Å²) in [5.41, 5.74) is 4.98. The van der Waals surface area contributed by atoms with Gasteiger partial charge in [-0.25, -0.2) is 4.98 Å². The summed E-state index contributed by atoms with van der Waals surface area (Å²) in [6.07, 6.45) is 1.33. The van der Waals surface area contributed by atoms with Crippen LogP contribution >= 0.6 is 0 Å². The Kier molecular flexibility index (Phi) is 6.76. The number of benzene rings is 3. The average Bonchev–Trinajstić information content (AvgIpc) is 3.50. The summed E-state index contributed by atoms with van der Waals surface area (Å²) in [5.74, 6) is 1.47. The molecule has 1 saturated heterocycles. The van der Waals surface area contributed by atoms with Crippen molar-refractivity contribution in [2.75, 3.05) is 25.1 Å². The summed E-state index contributed by atoms with van der Waals surface area (Å²) in [6, 6.07) is 24.2. The smallest absolute Gasteiger partial charge is 0.206 e. The molecule has 176 valence electrons. The number of aliphatic hydroxyl groups excluding tert-OH is 2. The van der Waals surface area contributed by atoms with E-state index in [1.807, 2.05) is 66.7 Å². The van der Waals surface area contributed by atoms with Crippen LogP contribution in [0.4, 0.5) is 5.95 Å². The van der Waals surface area contributed by atoms with E-state index >= 15 is 0 Å². The van der Waals surface area contributed by atoms with Gasteiger partial charge in [0.2, 0.25) is 5.95 Å². The van der Waals surface area contributed by atoms with Crippen LogP contribution in [-0.4, -0.2) is 45.7 Å². The van der Waals surface area contributed by atoms with Crippen molar-refractivity contribution in [1.29, 1.82) is 0 Å². The summed E-state index contributed by atoms with van der Waals surface area (Å²) in [7, 11) is 0. The number of imidazole rings is 1. The highest BCUT2D eigenvalue weighted by Crippen LogP contribution is 2.35. The molecule has 0 spiro atoms. The number of aromatic nitrogens is 2. The fraction of sp³-hybridized carbons (Fsp3) is 0.296. The third-order valence-corrected chi connectivity index (χ3v) is 6.10. The summed E-state index contributed by atoms with van der Waals surface area (Å²) in [5, 5.41) is 22.3. The minimum Gasteiger partial charge on any atom is -0.491 e. The summed E-state index contributed by atoms with van der Waals surface area (Å²) < 4.78 is 14.0. The standard InChI is InChI=1S/C27H29N3O4/c31-14-15-33-25-16-19(10-12-22(25)20-6-2-1-3-7-20)17-28-27-29-23-8-4-5-9-24(23)30(27)26-13-11-21(18-32)34-26/h1-10,12,16,21,26,31-32H,11,13-15,17-18H2,(H,28,29)/t21-,26+/m0/s1. The van der Waals surface area contributed by atoms with Crippen LogP contribution in [0.15, 0.2) is 72.8 Å². The SMILES string of the molecule is OCCOc1cc(CNc2nc3ccccc3n2[C@H]2CC[C@@H](CO)O2)ccc1-c1ccccc1. The van der Waals surface area contributed by atoms with Gasteiger partial charge in [-0.15, -0.1) is 0 Å². The quantitative estimate of drug-likeness (QED) is 0.345. The highest BCUT2D eigenvalue weighted by molar-refractivity contribution is 5.79. The van der Waals surface area contributed by atoms with Crippen molar-refractivity contribution < 1.29 is 19.7 Å². The van der Waals surface area contributed by atoms with Crippen LogP contribution in [0, 0.1) is 0 Å². The molecule has 7 nitrogen and oxygen atoms in total. The fourth-order valence-corrected chi connectivity index (χ4v) is 4.46. The molecule has 3 N–H and O–H groups in total. The van der Waals surface area contributed by atoms with Crippen molar-refractivity contribution in [2.24, 2.45) is 0 Å². The lowest BCUT2D eigenvalue weighted by atomic mass is 10.0. The van der Waals surface area contributed by atoms with Crippen molar-refractivity contribution in [3.05, 3.63) is 78.4 Å². The zero-order valence-electron chi connectivity index (χ0n) is 18.9. The molecule has 4 aromatic rings. The van der Waals surface area contributed by atoms with E-state index in [9.17, 15) is 10.2 Å². The maximum atomic E-state index is 9.52. The van der Waals surface area contributed by atoms with E-state index in [0.717, 1.165) is 52.3 Å². The molecule has 1 aromatic heterocycles. The van der Waals surface area contributed by atoms with Gasteiger partial charge in [0.1, 0.15) is 18.6 Å². The van der Waals surface area contributed by atoms with Crippen LogP contribution in [0.1, 0.15) is 24.6 Å². The maximum absolute atomic E-state index is 9.52. The molecule has 0 unspecified atom stereocenters. The molecule has 2 atom stereocenters. The molecular formula is C27H29N3O4. The van der Waals surface area contributed by atoms with Gasteiger partial charge in [-0.2, -0.15) is 0 Å². The molecule has 2 heterocycles. The van der Waals surface area contributed by atoms with E-state index in [1.165, 1.54) is 0 Å². The van der Waals surface area contributed by atoms with E-state index in [0.29, 0.717) is 6.54 Å². The van der Waals surface area contributed by atoms with Crippen LogP contribution in [0.2, 0.25) is 0 Å². The Hall–Kier alpha value is -3.39. The van der Waals surface area contributed by atoms with Crippen LogP contribution in [0.3, 0.4) is 0 Å². The van der Waals surface area contributed by atoms with Crippen molar-refractivity contribution in [1.82, 2.24) is 9.55 Å². The number of hydrogen-bond acceptors (Lipinski definition) is 6. The first kappa shape index (κ1) is 22.4. The van der Waals surface area contributed by atoms with Crippen LogP contribution in [0.25, 0.3) is 22.2 Å². The van der Waals surface area contributed by atoms with Gasteiger partial charge in [0.05, 0.1) is 30.4 Å². The zero-order valence-corrected chi connectivity index (χ0v) is 18.9. The Morgan fingerprint density at radius 2 is 1.82 bits per heavy atom. The van der Waals surface area contributed by atoms with Gasteiger partial charge in [-0.05, 0) is 42.2 Å². The molecule has 3 aromatic carbocycles. The highest BCUT2D eigenvalue weighted by atomic mass is 16.5. The lowest BCUT2D eigenvalue weighted by molar-refractivity contribution is -0.0195. The Bertz CT molecular complexity index is 1240. The number of fused-ring (bicyclic) bond motifs is 1. The normalized spacial score (nSPS) is 17.8. The highest BCUT2D eigenvalue weighted by Gasteiger charge is 2.29. The van der Waals surface area contributed by atoms with Gasteiger partial charge in [-0.3, -0.25) is 4.57 Å². The van der Waals surface area contributed by atoms with E-state index in [-0.39, 0.29) is 32.2 Å². The summed E-state index contributed by atoms with van der Waals surface area (Å²) >= 11 is 0. The van der Waals surface area contributed by atoms with Crippen molar-refractivity contribution in [3.63, 3.8) is 0 Å². The number of para-hydroxylation sites is 2. The topological polar surface area (TPSA) is 88.8 Å². The molecule has 7 heteroatoms. The van der Waals surface area contributed by atoms with Gasteiger partial charge in [0.15, 0.2) is 0 Å². The third-order valence-electron chi connectivity index (χ3n) is 6.10. The number of ether oxygens (including phenoxy) is 2. The van der Waals surface area contributed by atoms with Crippen LogP contribution < -0.4 is 10.1 Å². The molecule has 34 heavy (non-hydrogen) atoms. The first-order valence-corrected chi connectivity index (χ1v) is 11.7. The Labute approximate surface area is 198 Å². The van der Waals surface area contributed by atoms with Gasteiger partial charge >= 0.3 is 0 Å². The number of nitrogens with one attached hydrogen (secondary N) is 1. The van der Waals surface area contributed by atoms with Crippen LogP contribution in [-0.2, 0) is 11.3 Å². The molecule has 1 aliphatic heterocycles. The predicted molar refractivity (Wildman–Crippen MR) is 132 cm³/mol. The number of aliphatic hydroxyl groups is 2. The lowest BCUT2D eigenvalue weighted by Crippen LogP contribution is -2.16. The minimum atomic E-state index is -0.170. The molecule has 0 radical (unpaired) electrons. The van der Waals surface area contributed by atoms with Gasteiger partial charge in [-0.1, -0.05) is 54.6 Å². The zero-order chi connectivity index (χ0) is 23.3. The second kappa shape index (κ2) is 10.3. The molecule has 0 bridgehead atoms. The predicted octanol–water partition coefficient (Wildman–Crippen LogP) is 4.36. The lowest BCUT2D eigenvalue weighted by Gasteiger charge is -2.18. The number of hydrogen-bond donors (Lipinski definition) is 3. The Balaban J connectivity index is 1.41. The molecule has 1 fully saturated rings. The van der Waals surface area contributed by atoms with E-state index in [1.54, 1.807) is 0 Å². The summed E-state index contributed by atoms with van der Waals surface area (Å²) in [4.78, 5) is 4.81. The Morgan fingerprint density at radius 1 is 1.00 bits per heavy atom. The molecule has 0 saturated carbocycles. The largest absolute Gasteiger partial charge is 0.491 e. The summed E-state index contributed by atoms with van der Waals surface area (Å²) in [6.45, 7) is 0.759. The van der Waals surface area contributed by atoms with E-state index in [4.69, 9.17) is 14.5 Å². The van der Waals surface area contributed by atoms with Crippen molar-refractivity contribution in [2.45, 2.75) is 31.7 Å². The molecule has 5 rings (SSSR count). The number of nitrogens with zero attached hydrogens (tertiary/aromatic N) is 2. The number of rotatable bonds is 9. The Morgan fingerprint density at radius 3 is 2.62 bits per heavy atom. The average molecular weight is 460 g/mol. The van der Waals surface area contributed by atoms with Gasteiger partial charge < -0.3 is 25.0 Å². The minimum absolute atomic E-state index is 0.0241. The first-order valence-electron chi connectivity index (χ1n) is 11.7. The van der Waals surface area contributed by atoms with Crippen molar-refractivity contribution >= 4 is 17.0 Å². The monoisotopic (exact) mass is 459 g/mol. The van der Waals surface area contributed by atoms with E-state index in [2.05, 4.69) is 16.0 Å². The van der Waals surface area contributed by atoms with Crippen LogP contribution in [0.5, 0.6) is 5.75 Å². The molecule has 1 aliphatic rings. The molecular weight excluding hydrogens is 430 g/mol. The van der Waals surface area contributed by atoms with E-state index < -0.39 is 0 Å². The first-order chi connectivity index (χ1) is 16.8. The van der Waals surface area contributed by atoms with Crippen molar-refractivity contribution in [3.8, 4) is 16.9 Å². The fourth-order valence-electron chi connectivity index (χ4n) is 4.46. The second-order valence-electron chi connectivity index (χ2n) is 8.39. The maximum Gasteiger partial charge on any atom is 0.206 e. The molecule has 0 aliphatic carbocycles. The molecule has 0 amide bonds. The third kappa shape index (κ3) is 4.63. The second-order valence-corrected chi connectivity index (χ2v) is 8.39. The van der Waals surface area contributed by atoms with Gasteiger partial charge in [0.25, 0.3) is 0 Å². The van der Waals surface area contributed by atoms with Gasteiger partial charge in [0, 0.05) is 12.1 Å². The number of anilines is 1.